The largest absolute Gasteiger partial charge is 0.357 e. The lowest BCUT2D eigenvalue weighted by atomic mass is 10.1. The van der Waals surface area contributed by atoms with Gasteiger partial charge in [0.1, 0.15) is 5.69 Å². The van der Waals surface area contributed by atoms with Gasteiger partial charge in [0.25, 0.3) is 5.91 Å². The molecule has 1 aliphatic rings. The highest BCUT2D eigenvalue weighted by atomic mass is 16.2. The summed E-state index contributed by atoms with van der Waals surface area (Å²) in [6.45, 7) is 3.50. The average molecular weight is 193 g/mol. The Hall–Kier alpha value is -1.29. The third-order valence-corrected chi connectivity index (χ3v) is 2.79. The number of nitrogens with two attached hydrogens (primary N) is 1. The Kier molecular flexibility index (Phi) is 2.29. The second kappa shape index (κ2) is 3.46. The monoisotopic (exact) mass is 193 g/mol. The topological polar surface area (TPSA) is 62.1 Å². The number of amides is 1. The van der Waals surface area contributed by atoms with Crippen LogP contribution in [0.2, 0.25) is 0 Å². The van der Waals surface area contributed by atoms with Crippen LogP contribution in [0.3, 0.4) is 0 Å². The van der Waals surface area contributed by atoms with Crippen LogP contribution in [0.1, 0.15) is 17.4 Å². The third kappa shape index (κ3) is 1.53. The molecule has 4 heteroatoms. The number of aromatic nitrogens is 1. The van der Waals surface area contributed by atoms with Crippen LogP contribution in [-0.2, 0) is 0 Å². The highest BCUT2D eigenvalue weighted by Crippen LogP contribution is 2.16. The number of nitrogens with one attached hydrogen (secondary N) is 1. The summed E-state index contributed by atoms with van der Waals surface area (Å²) in [5.41, 5.74) is 6.50. The van der Waals surface area contributed by atoms with Crippen LogP contribution in [0.4, 0.5) is 0 Å². The second-order valence-corrected chi connectivity index (χ2v) is 3.94. The van der Waals surface area contributed by atoms with E-state index in [2.05, 4.69) is 11.9 Å². The molecule has 2 heterocycles. The Labute approximate surface area is 83.1 Å². The normalized spacial score (nSPS) is 26.9. The molecule has 1 aromatic heterocycles. The van der Waals surface area contributed by atoms with Gasteiger partial charge in [0, 0.05) is 25.3 Å². The summed E-state index contributed by atoms with van der Waals surface area (Å²) in [5.74, 6) is 0.448. The molecule has 0 aliphatic carbocycles. The van der Waals surface area contributed by atoms with Gasteiger partial charge in [-0.2, -0.15) is 0 Å². The standard InChI is InChI=1S/C10H15N3O/c1-7-5-13(6-8(7)11)10(14)9-3-2-4-12-9/h2-4,7-8,12H,5-6,11H2,1H3. The molecule has 0 aromatic carbocycles. The van der Waals surface area contributed by atoms with E-state index >= 15 is 0 Å². The van der Waals surface area contributed by atoms with Gasteiger partial charge in [-0.25, -0.2) is 0 Å². The molecule has 2 atom stereocenters. The number of hydrogen-bond donors (Lipinski definition) is 2. The fraction of sp³-hybridized carbons (Fsp3) is 0.500. The first-order valence-corrected chi connectivity index (χ1v) is 4.86. The Morgan fingerprint density at radius 1 is 1.64 bits per heavy atom. The van der Waals surface area contributed by atoms with E-state index in [4.69, 9.17) is 5.73 Å². The first-order valence-electron chi connectivity index (χ1n) is 4.86. The number of H-pyrrole nitrogens is 1. The van der Waals surface area contributed by atoms with Gasteiger partial charge in [-0.3, -0.25) is 4.79 Å². The minimum Gasteiger partial charge on any atom is -0.357 e. The van der Waals surface area contributed by atoms with E-state index in [1.165, 1.54) is 0 Å². The van der Waals surface area contributed by atoms with Crippen molar-refractivity contribution in [3.8, 4) is 0 Å². The number of carbonyl (C=O) groups excluding carboxylic acids is 1. The van der Waals surface area contributed by atoms with E-state index in [0.29, 0.717) is 18.2 Å². The molecule has 0 bridgehead atoms. The minimum absolute atomic E-state index is 0.0507. The molecular formula is C10H15N3O. The molecule has 1 fully saturated rings. The SMILES string of the molecule is CC1CN(C(=O)c2ccc[nH]2)CC1N. The van der Waals surface area contributed by atoms with Crippen molar-refractivity contribution in [2.75, 3.05) is 13.1 Å². The molecule has 0 spiro atoms. The highest BCUT2D eigenvalue weighted by molar-refractivity contribution is 5.92. The van der Waals surface area contributed by atoms with Crippen LogP contribution in [0.15, 0.2) is 18.3 Å². The summed E-state index contributed by atoms with van der Waals surface area (Å²) in [5, 5.41) is 0. The first-order chi connectivity index (χ1) is 6.68. The van der Waals surface area contributed by atoms with E-state index in [1.54, 1.807) is 17.2 Å². The zero-order valence-electron chi connectivity index (χ0n) is 8.23. The summed E-state index contributed by atoms with van der Waals surface area (Å²) < 4.78 is 0. The number of carbonyl (C=O) groups is 1. The minimum atomic E-state index is 0.0507. The van der Waals surface area contributed by atoms with Crippen molar-refractivity contribution in [2.45, 2.75) is 13.0 Å². The van der Waals surface area contributed by atoms with Crippen LogP contribution >= 0.6 is 0 Å². The average Bonchev–Trinajstić information content (AvgIpc) is 2.76. The van der Waals surface area contributed by atoms with Crippen LogP contribution in [0.5, 0.6) is 0 Å². The fourth-order valence-electron chi connectivity index (χ4n) is 1.79. The molecule has 1 aliphatic heterocycles. The van der Waals surface area contributed by atoms with Crippen LogP contribution in [0.25, 0.3) is 0 Å². The van der Waals surface area contributed by atoms with Gasteiger partial charge in [0.2, 0.25) is 0 Å². The lowest BCUT2D eigenvalue weighted by Crippen LogP contribution is -2.32. The number of aromatic amines is 1. The van der Waals surface area contributed by atoms with E-state index in [1.807, 2.05) is 6.07 Å². The zero-order chi connectivity index (χ0) is 10.1. The quantitative estimate of drug-likeness (QED) is 0.679. The molecular weight excluding hydrogens is 178 g/mol. The number of nitrogens with zero attached hydrogens (tertiary/aromatic N) is 1. The molecule has 4 nitrogen and oxygen atoms in total. The first kappa shape index (κ1) is 9.27. The molecule has 2 rings (SSSR count). The van der Waals surface area contributed by atoms with E-state index in [9.17, 15) is 4.79 Å². The predicted molar refractivity (Wildman–Crippen MR) is 53.8 cm³/mol. The summed E-state index contributed by atoms with van der Waals surface area (Å²) in [6.07, 6.45) is 1.76. The van der Waals surface area contributed by atoms with Gasteiger partial charge in [-0.1, -0.05) is 6.92 Å². The molecule has 14 heavy (non-hydrogen) atoms. The van der Waals surface area contributed by atoms with Gasteiger partial charge in [-0.05, 0) is 18.1 Å². The van der Waals surface area contributed by atoms with Gasteiger partial charge >= 0.3 is 0 Å². The molecule has 76 valence electrons. The Morgan fingerprint density at radius 2 is 2.43 bits per heavy atom. The number of hydrogen-bond acceptors (Lipinski definition) is 2. The Morgan fingerprint density at radius 3 is 2.93 bits per heavy atom. The maximum atomic E-state index is 11.8. The van der Waals surface area contributed by atoms with Crippen LogP contribution in [-0.4, -0.2) is 34.9 Å². The van der Waals surface area contributed by atoms with Crippen molar-refractivity contribution < 1.29 is 4.79 Å². The van der Waals surface area contributed by atoms with Crippen LogP contribution in [0, 0.1) is 5.92 Å². The predicted octanol–water partition coefficient (Wildman–Crippen LogP) is 0.434. The maximum absolute atomic E-state index is 11.8. The lowest BCUT2D eigenvalue weighted by Gasteiger charge is -2.14. The Balaban J connectivity index is 2.07. The van der Waals surface area contributed by atoms with Crippen molar-refractivity contribution >= 4 is 5.91 Å². The van der Waals surface area contributed by atoms with E-state index < -0.39 is 0 Å². The van der Waals surface area contributed by atoms with Gasteiger partial charge in [-0.15, -0.1) is 0 Å². The Bertz CT molecular complexity index is 310. The zero-order valence-corrected chi connectivity index (χ0v) is 8.23. The van der Waals surface area contributed by atoms with Crippen molar-refractivity contribution in [2.24, 2.45) is 11.7 Å². The fourth-order valence-corrected chi connectivity index (χ4v) is 1.79. The van der Waals surface area contributed by atoms with Crippen molar-refractivity contribution in [1.82, 2.24) is 9.88 Å². The molecule has 0 radical (unpaired) electrons. The van der Waals surface area contributed by atoms with Crippen molar-refractivity contribution in [1.29, 1.82) is 0 Å². The van der Waals surface area contributed by atoms with Crippen molar-refractivity contribution in [3.05, 3.63) is 24.0 Å². The molecule has 1 aromatic rings. The molecule has 3 N–H and O–H groups in total. The second-order valence-electron chi connectivity index (χ2n) is 3.94. The lowest BCUT2D eigenvalue weighted by molar-refractivity contribution is 0.0782. The van der Waals surface area contributed by atoms with Gasteiger partial charge in [0.05, 0.1) is 0 Å². The number of likely N-dealkylation sites (tertiary alicyclic amines) is 1. The van der Waals surface area contributed by atoms with Gasteiger partial charge in [0.15, 0.2) is 0 Å². The summed E-state index contributed by atoms with van der Waals surface area (Å²) >= 11 is 0. The molecule has 1 amide bonds. The summed E-state index contributed by atoms with van der Waals surface area (Å²) in [4.78, 5) is 16.6. The smallest absolute Gasteiger partial charge is 0.270 e. The van der Waals surface area contributed by atoms with E-state index in [-0.39, 0.29) is 11.9 Å². The van der Waals surface area contributed by atoms with Crippen molar-refractivity contribution in [3.63, 3.8) is 0 Å². The summed E-state index contributed by atoms with van der Waals surface area (Å²) in [6, 6.07) is 3.73. The molecule has 2 unspecified atom stereocenters. The molecule has 1 saturated heterocycles. The van der Waals surface area contributed by atoms with Gasteiger partial charge < -0.3 is 15.6 Å². The summed E-state index contributed by atoms with van der Waals surface area (Å²) in [7, 11) is 0. The highest BCUT2D eigenvalue weighted by Gasteiger charge is 2.30. The van der Waals surface area contributed by atoms with E-state index in [0.717, 1.165) is 6.54 Å². The maximum Gasteiger partial charge on any atom is 0.270 e. The molecule has 0 saturated carbocycles. The third-order valence-electron chi connectivity index (χ3n) is 2.79. The number of rotatable bonds is 1. The van der Waals surface area contributed by atoms with Crippen LogP contribution < -0.4 is 5.73 Å².